The van der Waals surface area contributed by atoms with Crippen molar-refractivity contribution < 1.29 is 14.3 Å². The normalized spacial score (nSPS) is 20.8. The van der Waals surface area contributed by atoms with E-state index in [2.05, 4.69) is 10.3 Å². The minimum absolute atomic E-state index is 0.00456. The van der Waals surface area contributed by atoms with Crippen LogP contribution < -0.4 is 5.32 Å². The number of carbonyl (C=O) groups is 2. The lowest BCUT2D eigenvalue weighted by Gasteiger charge is -2.22. The Balaban J connectivity index is 1.87. The highest BCUT2D eigenvalue weighted by molar-refractivity contribution is 5.77. The first-order chi connectivity index (χ1) is 7.25. The van der Waals surface area contributed by atoms with E-state index in [-0.39, 0.29) is 12.0 Å². The molecule has 0 unspecified atom stereocenters. The van der Waals surface area contributed by atoms with Crippen LogP contribution in [0.2, 0.25) is 0 Å². The molecular formula is C9H11N3O3. The molecule has 80 valence electrons. The third-order valence-corrected chi connectivity index (χ3v) is 2.20. The third-order valence-electron chi connectivity index (χ3n) is 2.20. The molecule has 1 fully saturated rings. The molecule has 0 aliphatic carbocycles. The van der Waals surface area contributed by atoms with Crippen molar-refractivity contribution in [3.05, 3.63) is 18.7 Å². The standard InChI is InChI=1S/C9H11N3O3/c13-8-2-1-7(5-11-8)15-9(14)12-4-3-10-6-12/h3-4,6-7H,1-2,5H2,(H,11,13)/t7-/m0/s1. The van der Waals surface area contributed by atoms with Crippen LogP contribution in [-0.4, -0.2) is 34.2 Å². The molecule has 1 aliphatic rings. The third kappa shape index (κ3) is 2.34. The van der Waals surface area contributed by atoms with Crippen molar-refractivity contribution in [3.63, 3.8) is 0 Å². The van der Waals surface area contributed by atoms with Gasteiger partial charge in [0.25, 0.3) is 0 Å². The molecule has 1 N–H and O–H groups in total. The summed E-state index contributed by atoms with van der Waals surface area (Å²) in [4.78, 5) is 26.0. The Hall–Kier alpha value is -1.85. The van der Waals surface area contributed by atoms with Crippen LogP contribution in [0.25, 0.3) is 0 Å². The van der Waals surface area contributed by atoms with Crippen molar-refractivity contribution in [2.45, 2.75) is 18.9 Å². The number of aromatic nitrogens is 2. The Morgan fingerprint density at radius 1 is 1.67 bits per heavy atom. The van der Waals surface area contributed by atoms with Crippen molar-refractivity contribution in [2.75, 3.05) is 6.54 Å². The summed E-state index contributed by atoms with van der Waals surface area (Å²) >= 11 is 0. The van der Waals surface area contributed by atoms with Crippen LogP contribution in [0.1, 0.15) is 12.8 Å². The van der Waals surface area contributed by atoms with Gasteiger partial charge >= 0.3 is 6.09 Å². The summed E-state index contributed by atoms with van der Waals surface area (Å²) < 4.78 is 6.41. The van der Waals surface area contributed by atoms with Crippen molar-refractivity contribution in [1.82, 2.24) is 14.9 Å². The van der Waals surface area contributed by atoms with E-state index in [0.29, 0.717) is 19.4 Å². The summed E-state index contributed by atoms with van der Waals surface area (Å²) in [5.41, 5.74) is 0. The molecule has 1 saturated heterocycles. The first-order valence-corrected chi connectivity index (χ1v) is 4.71. The largest absolute Gasteiger partial charge is 0.444 e. The van der Waals surface area contributed by atoms with E-state index in [9.17, 15) is 9.59 Å². The van der Waals surface area contributed by atoms with E-state index >= 15 is 0 Å². The van der Waals surface area contributed by atoms with E-state index < -0.39 is 6.09 Å². The first-order valence-electron chi connectivity index (χ1n) is 4.71. The number of ether oxygens (including phenoxy) is 1. The van der Waals surface area contributed by atoms with Gasteiger partial charge in [-0.05, 0) is 6.42 Å². The molecule has 1 atom stereocenters. The second-order valence-corrected chi connectivity index (χ2v) is 3.32. The van der Waals surface area contributed by atoms with Gasteiger partial charge in [0.05, 0.1) is 6.54 Å². The molecule has 2 rings (SSSR count). The molecule has 0 saturated carbocycles. The number of amides is 1. The zero-order valence-corrected chi connectivity index (χ0v) is 8.05. The Morgan fingerprint density at radius 2 is 2.53 bits per heavy atom. The Labute approximate surface area is 86.2 Å². The highest BCUT2D eigenvalue weighted by Gasteiger charge is 2.21. The lowest BCUT2D eigenvalue weighted by atomic mass is 10.1. The van der Waals surface area contributed by atoms with Crippen LogP contribution in [0, 0.1) is 0 Å². The summed E-state index contributed by atoms with van der Waals surface area (Å²) in [5, 5.41) is 2.64. The van der Waals surface area contributed by atoms with Crippen molar-refractivity contribution >= 4 is 12.0 Å². The molecule has 6 heteroatoms. The van der Waals surface area contributed by atoms with Gasteiger partial charge in [-0.1, -0.05) is 0 Å². The molecule has 1 aromatic rings. The van der Waals surface area contributed by atoms with Crippen LogP contribution in [0.3, 0.4) is 0 Å². The summed E-state index contributed by atoms with van der Waals surface area (Å²) in [6.45, 7) is 0.388. The number of hydrogen-bond acceptors (Lipinski definition) is 4. The molecule has 0 aromatic carbocycles. The minimum atomic E-state index is -0.464. The molecule has 0 radical (unpaired) electrons. The van der Waals surface area contributed by atoms with E-state index in [1.807, 2.05) is 0 Å². The highest BCUT2D eigenvalue weighted by Crippen LogP contribution is 2.08. The van der Waals surface area contributed by atoms with Crippen LogP contribution in [0.15, 0.2) is 18.7 Å². The van der Waals surface area contributed by atoms with Gasteiger partial charge in [-0.25, -0.2) is 14.3 Å². The van der Waals surface area contributed by atoms with Gasteiger partial charge in [0, 0.05) is 18.8 Å². The summed E-state index contributed by atoms with van der Waals surface area (Å²) in [5.74, 6) is 0.00456. The zero-order valence-electron chi connectivity index (χ0n) is 8.05. The van der Waals surface area contributed by atoms with Crippen LogP contribution in [-0.2, 0) is 9.53 Å². The molecule has 1 amide bonds. The molecule has 2 heterocycles. The number of piperidine rings is 1. The number of nitrogens with zero attached hydrogens (tertiary/aromatic N) is 2. The fourth-order valence-electron chi connectivity index (χ4n) is 1.38. The zero-order chi connectivity index (χ0) is 10.7. The fraction of sp³-hybridized carbons (Fsp3) is 0.444. The summed E-state index contributed by atoms with van der Waals surface area (Å²) in [7, 11) is 0. The maximum absolute atomic E-state index is 11.4. The van der Waals surface area contributed by atoms with Crippen molar-refractivity contribution in [2.24, 2.45) is 0 Å². The molecule has 1 aromatic heterocycles. The van der Waals surface area contributed by atoms with E-state index in [4.69, 9.17) is 4.74 Å². The average Bonchev–Trinajstić information content (AvgIpc) is 2.74. The van der Waals surface area contributed by atoms with Crippen molar-refractivity contribution in [3.8, 4) is 0 Å². The monoisotopic (exact) mass is 209 g/mol. The molecule has 0 spiro atoms. The number of imidazole rings is 1. The highest BCUT2D eigenvalue weighted by atomic mass is 16.6. The summed E-state index contributed by atoms with van der Waals surface area (Å²) in [6.07, 6.45) is 4.68. The van der Waals surface area contributed by atoms with Crippen LogP contribution in [0.4, 0.5) is 4.79 Å². The van der Waals surface area contributed by atoms with Crippen LogP contribution in [0.5, 0.6) is 0 Å². The second-order valence-electron chi connectivity index (χ2n) is 3.32. The molecule has 1 aliphatic heterocycles. The predicted octanol–water partition coefficient (Wildman–Crippen LogP) is 0.146. The molecule has 6 nitrogen and oxygen atoms in total. The maximum Gasteiger partial charge on any atom is 0.419 e. The average molecular weight is 209 g/mol. The van der Waals surface area contributed by atoms with E-state index in [1.54, 1.807) is 0 Å². The van der Waals surface area contributed by atoms with Gasteiger partial charge in [-0.2, -0.15) is 0 Å². The van der Waals surface area contributed by atoms with Gasteiger partial charge < -0.3 is 10.1 Å². The van der Waals surface area contributed by atoms with Crippen LogP contribution >= 0.6 is 0 Å². The first kappa shape index (κ1) is 9.70. The van der Waals surface area contributed by atoms with E-state index in [1.165, 1.54) is 23.3 Å². The smallest absolute Gasteiger partial charge is 0.419 e. The quantitative estimate of drug-likeness (QED) is 0.714. The fourth-order valence-corrected chi connectivity index (χ4v) is 1.38. The predicted molar refractivity (Wildman–Crippen MR) is 50.1 cm³/mol. The lowest BCUT2D eigenvalue weighted by molar-refractivity contribution is -0.124. The summed E-state index contributed by atoms with van der Waals surface area (Å²) in [6, 6.07) is 0. The van der Waals surface area contributed by atoms with Gasteiger partial charge in [-0.3, -0.25) is 4.79 Å². The van der Waals surface area contributed by atoms with Gasteiger partial charge in [0.2, 0.25) is 5.91 Å². The molecule has 15 heavy (non-hydrogen) atoms. The minimum Gasteiger partial charge on any atom is -0.444 e. The number of carbonyl (C=O) groups excluding carboxylic acids is 2. The number of rotatable bonds is 1. The second kappa shape index (κ2) is 4.12. The molecular weight excluding hydrogens is 198 g/mol. The van der Waals surface area contributed by atoms with Gasteiger partial charge in [-0.15, -0.1) is 0 Å². The maximum atomic E-state index is 11.4. The number of hydrogen-bond donors (Lipinski definition) is 1. The Bertz CT molecular complexity index is 351. The van der Waals surface area contributed by atoms with Gasteiger partial charge in [0.1, 0.15) is 12.4 Å². The lowest BCUT2D eigenvalue weighted by Crippen LogP contribution is -2.40. The Kier molecular flexibility index (Phi) is 2.66. The number of nitrogens with one attached hydrogen (secondary N) is 1. The van der Waals surface area contributed by atoms with Crippen molar-refractivity contribution in [1.29, 1.82) is 0 Å². The SMILES string of the molecule is O=C1CC[C@H](OC(=O)n2ccnc2)CN1. The van der Waals surface area contributed by atoms with E-state index in [0.717, 1.165) is 0 Å². The van der Waals surface area contributed by atoms with Gasteiger partial charge in [0.15, 0.2) is 0 Å². The molecule has 0 bridgehead atoms. The Morgan fingerprint density at radius 3 is 3.13 bits per heavy atom. The topological polar surface area (TPSA) is 73.2 Å².